The number of carbonyl (C=O) groups excluding carboxylic acids is 3. The Morgan fingerprint density at radius 1 is 1.19 bits per heavy atom. The number of aromatic nitrogens is 1. The highest BCUT2D eigenvalue weighted by atomic mass is 32.1. The van der Waals surface area contributed by atoms with Gasteiger partial charge in [0, 0.05) is 23.5 Å². The van der Waals surface area contributed by atoms with Gasteiger partial charge in [-0.25, -0.2) is 0 Å². The molecule has 1 heterocycles. The first-order valence-corrected chi connectivity index (χ1v) is 9.01. The summed E-state index contributed by atoms with van der Waals surface area (Å²) >= 11 is 3.90. The van der Waals surface area contributed by atoms with Gasteiger partial charge in [0.1, 0.15) is 12.1 Å². The van der Waals surface area contributed by atoms with E-state index in [1.54, 1.807) is 6.20 Å². The van der Waals surface area contributed by atoms with Gasteiger partial charge in [0.05, 0.1) is 5.75 Å². The molecule has 5 N–H and O–H groups in total. The Balaban J connectivity index is 2.15. The summed E-state index contributed by atoms with van der Waals surface area (Å²) in [5.74, 6) is -1.61. The number of hydrogen-bond acceptors (Lipinski definition) is 4. The second kappa shape index (κ2) is 8.75. The zero-order valence-corrected chi connectivity index (χ0v) is 15.7. The molecule has 7 nitrogen and oxygen atoms in total. The lowest BCUT2D eigenvalue weighted by molar-refractivity contribution is -0.131. The molecule has 2 atom stereocenters. The van der Waals surface area contributed by atoms with Crippen LogP contribution in [0.4, 0.5) is 0 Å². The number of aromatic amines is 1. The Hall–Kier alpha value is -2.48. The quantitative estimate of drug-likeness (QED) is 0.438. The summed E-state index contributed by atoms with van der Waals surface area (Å²) in [4.78, 5) is 39.2. The monoisotopic (exact) mass is 376 g/mol. The van der Waals surface area contributed by atoms with Crippen molar-refractivity contribution >= 4 is 41.3 Å². The van der Waals surface area contributed by atoms with Gasteiger partial charge in [0.2, 0.25) is 17.7 Å². The first kappa shape index (κ1) is 19.8. The van der Waals surface area contributed by atoms with Crippen LogP contribution in [0, 0.1) is 5.92 Å². The van der Waals surface area contributed by atoms with Crippen molar-refractivity contribution in [2.75, 3.05) is 5.75 Å². The van der Waals surface area contributed by atoms with Crippen molar-refractivity contribution < 1.29 is 14.4 Å². The summed E-state index contributed by atoms with van der Waals surface area (Å²) in [5.41, 5.74) is 7.31. The van der Waals surface area contributed by atoms with Crippen LogP contribution in [-0.2, 0) is 20.8 Å². The van der Waals surface area contributed by atoms with Gasteiger partial charge in [0.15, 0.2) is 0 Å². The van der Waals surface area contributed by atoms with Gasteiger partial charge in [-0.1, -0.05) is 32.0 Å². The molecule has 0 unspecified atom stereocenters. The molecular weight excluding hydrogens is 352 g/mol. The topological polar surface area (TPSA) is 117 Å². The van der Waals surface area contributed by atoms with Gasteiger partial charge in [-0.15, -0.1) is 0 Å². The van der Waals surface area contributed by atoms with Crippen LogP contribution in [0.25, 0.3) is 10.9 Å². The molecule has 3 amide bonds. The van der Waals surface area contributed by atoms with Gasteiger partial charge >= 0.3 is 0 Å². The maximum Gasteiger partial charge on any atom is 0.243 e. The lowest BCUT2D eigenvalue weighted by atomic mass is 10.0. The molecule has 1 aromatic heterocycles. The second-order valence-electron chi connectivity index (χ2n) is 6.47. The lowest BCUT2D eigenvalue weighted by Crippen LogP contribution is -2.55. The van der Waals surface area contributed by atoms with E-state index in [1.807, 2.05) is 38.1 Å². The predicted molar refractivity (Wildman–Crippen MR) is 104 cm³/mol. The molecule has 8 heteroatoms. The minimum Gasteiger partial charge on any atom is -0.368 e. The summed E-state index contributed by atoms with van der Waals surface area (Å²) < 4.78 is 0. The molecule has 0 bridgehead atoms. The van der Waals surface area contributed by atoms with Crippen LogP contribution in [-0.4, -0.2) is 40.5 Å². The first-order chi connectivity index (χ1) is 12.3. The Morgan fingerprint density at radius 2 is 1.88 bits per heavy atom. The highest BCUT2D eigenvalue weighted by molar-refractivity contribution is 7.81. The van der Waals surface area contributed by atoms with Gasteiger partial charge < -0.3 is 21.4 Å². The SMILES string of the molecule is CC(C)[C@H](NC(=O)CS)C(=O)N[C@@H](Cc1c[nH]c2ccccc12)C(N)=O. The van der Waals surface area contributed by atoms with E-state index in [2.05, 4.69) is 28.2 Å². The number of nitrogens with one attached hydrogen (secondary N) is 3. The molecule has 0 saturated carbocycles. The summed E-state index contributed by atoms with van der Waals surface area (Å²) in [6.45, 7) is 3.62. The van der Waals surface area contributed by atoms with E-state index in [9.17, 15) is 14.4 Å². The average Bonchev–Trinajstić information content (AvgIpc) is 3.01. The Kier molecular flexibility index (Phi) is 6.68. The highest BCUT2D eigenvalue weighted by Crippen LogP contribution is 2.19. The van der Waals surface area contributed by atoms with Gasteiger partial charge in [-0.3, -0.25) is 14.4 Å². The second-order valence-corrected chi connectivity index (χ2v) is 6.79. The number of carbonyl (C=O) groups is 3. The fraction of sp³-hybridized carbons (Fsp3) is 0.389. The number of hydrogen-bond donors (Lipinski definition) is 5. The van der Waals surface area contributed by atoms with E-state index in [1.165, 1.54) is 0 Å². The molecular formula is C18H24N4O3S. The van der Waals surface area contributed by atoms with Crippen LogP contribution in [0.15, 0.2) is 30.5 Å². The molecule has 140 valence electrons. The van der Waals surface area contributed by atoms with Crippen LogP contribution in [0.2, 0.25) is 0 Å². The minimum atomic E-state index is -0.879. The van der Waals surface area contributed by atoms with E-state index in [0.29, 0.717) is 0 Å². The normalized spacial score (nSPS) is 13.4. The van der Waals surface area contributed by atoms with Crippen molar-refractivity contribution in [3.05, 3.63) is 36.0 Å². The molecule has 26 heavy (non-hydrogen) atoms. The number of thiol groups is 1. The maximum atomic E-state index is 12.6. The van der Waals surface area contributed by atoms with Crippen molar-refractivity contribution in [2.45, 2.75) is 32.4 Å². The van der Waals surface area contributed by atoms with Crippen LogP contribution in [0.5, 0.6) is 0 Å². The number of nitrogens with two attached hydrogens (primary N) is 1. The molecule has 1 aromatic carbocycles. The standard InChI is InChI=1S/C18H24N4O3S/c1-10(2)16(22-15(23)9-26)18(25)21-14(17(19)24)7-11-8-20-13-6-4-3-5-12(11)13/h3-6,8,10,14,16,20,26H,7,9H2,1-2H3,(H2,19,24)(H,21,25)(H,22,23)/t14-,16-/m0/s1. The molecule has 0 saturated heterocycles. The number of amides is 3. The van der Waals surface area contributed by atoms with E-state index in [4.69, 9.17) is 5.73 Å². The van der Waals surface area contributed by atoms with Crippen LogP contribution in [0.1, 0.15) is 19.4 Å². The first-order valence-electron chi connectivity index (χ1n) is 8.38. The number of rotatable bonds is 8. The van der Waals surface area contributed by atoms with Crippen molar-refractivity contribution in [3.63, 3.8) is 0 Å². The molecule has 0 radical (unpaired) electrons. The lowest BCUT2D eigenvalue weighted by Gasteiger charge is -2.24. The Labute approximate surface area is 157 Å². The predicted octanol–water partition coefficient (Wildman–Crippen LogP) is 0.751. The molecule has 0 aliphatic rings. The smallest absolute Gasteiger partial charge is 0.243 e. The summed E-state index contributed by atoms with van der Waals surface area (Å²) in [6, 6.07) is 6.03. The molecule has 0 spiro atoms. The summed E-state index contributed by atoms with van der Waals surface area (Å²) in [5, 5.41) is 6.25. The van der Waals surface area contributed by atoms with Crippen molar-refractivity contribution in [3.8, 4) is 0 Å². The number of benzene rings is 1. The third-order valence-corrected chi connectivity index (χ3v) is 4.46. The van der Waals surface area contributed by atoms with E-state index in [-0.39, 0.29) is 24.0 Å². The molecule has 0 fully saturated rings. The zero-order valence-electron chi connectivity index (χ0n) is 14.8. The van der Waals surface area contributed by atoms with Gasteiger partial charge in [-0.05, 0) is 17.5 Å². The summed E-state index contributed by atoms with van der Waals surface area (Å²) in [7, 11) is 0. The van der Waals surface area contributed by atoms with Crippen molar-refractivity contribution in [1.29, 1.82) is 0 Å². The molecule has 2 rings (SSSR count). The molecule has 0 aliphatic heterocycles. The number of primary amides is 1. The molecule has 2 aromatic rings. The van der Waals surface area contributed by atoms with E-state index in [0.717, 1.165) is 16.5 Å². The third-order valence-electron chi connectivity index (χ3n) is 4.17. The maximum absolute atomic E-state index is 12.6. The van der Waals surface area contributed by atoms with Crippen LogP contribution < -0.4 is 16.4 Å². The average molecular weight is 376 g/mol. The molecule has 0 aliphatic carbocycles. The summed E-state index contributed by atoms with van der Waals surface area (Å²) in [6.07, 6.45) is 2.06. The largest absolute Gasteiger partial charge is 0.368 e. The third kappa shape index (κ3) is 4.78. The Bertz CT molecular complexity index is 803. The zero-order chi connectivity index (χ0) is 19.3. The van der Waals surface area contributed by atoms with E-state index < -0.39 is 23.9 Å². The number of H-pyrrole nitrogens is 1. The van der Waals surface area contributed by atoms with E-state index >= 15 is 0 Å². The highest BCUT2D eigenvalue weighted by Gasteiger charge is 2.28. The van der Waals surface area contributed by atoms with Gasteiger partial charge in [-0.2, -0.15) is 12.6 Å². The van der Waals surface area contributed by atoms with Crippen LogP contribution in [0.3, 0.4) is 0 Å². The van der Waals surface area contributed by atoms with Gasteiger partial charge in [0.25, 0.3) is 0 Å². The van der Waals surface area contributed by atoms with Crippen molar-refractivity contribution in [1.82, 2.24) is 15.6 Å². The van der Waals surface area contributed by atoms with Crippen LogP contribution >= 0.6 is 12.6 Å². The van der Waals surface area contributed by atoms with Crippen molar-refractivity contribution in [2.24, 2.45) is 11.7 Å². The number of fused-ring (bicyclic) bond motifs is 1. The Morgan fingerprint density at radius 3 is 2.50 bits per heavy atom. The minimum absolute atomic E-state index is 0.0227. The number of para-hydroxylation sites is 1. The fourth-order valence-electron chi connectivity index (χ4n) is 2.76. The fourth-order valence-corrected chi connectivity index (χ4v) is 2.85.